The summed E-state index contributed by atoms with van der Waals surface area (Å²) in [5.74, 6) is 0.698. The second-order valence-electron chi connectivity index (χ2n) is 5.85. The zero-order valence-electron chi connectivity index (χ0n) is 13.6. The molecule has 4 aromatic rings. The average molecular weight is 331 g/mol. The predicted molar refractivity (Wildman–Crippen MR) is 94.8 cm³/mol. The van der Waals surface area contributed by atoms with Crippen molar-refractivity contribution in [2.75, 3.05) is 0 Å². The smallest absolute Gasteiger partial charge is 0.256 e. The summed E-state index contributed by atoms with van der Waals surface area (Å²) in [6.07, 6.45) is 6.96. The van der Waals surface area contributed by atoms with Crippen LogP contribution in [0.1, 0.15) is 21.7 Å². The molecule has 0 atom stereocenters. The fourth-order valence-electron chi connectivity index (χ4n) is 2.94. The minimum absolute atomic E-state index is 0.0479. The van der Waals surface area contributed by atoms with Crippen molar-refractivity contribution in [3.8, 4) is 0 Å². The molecular weight excluding hydrogens is 314 g/mol. The molecule has 3 aromatic heterocycles. The van der Waals surface area contributed by atoms with Gasteiger partial charge in [0, 0.05) is 30.5 Å². The first-order chi connectivity index (χ1) is 12.3. The summed E-state index contributed by atoms with van der Waals surface area (Å²) in [5.41, 5.74) is 2.47. The van der Waals surface area contributed by atoms with E-state index in [1.165, 1.54) is 0 Å². The lowest BCUT2D eigenvalue weighted by Crippen LogP contribution is -2.30. The molecule has 0 aliphatic carbocycles. The van der Waals surface area contributed by atoms with E-state index in [2.05, 4.69) is 9.97 Å². The van der Waals surface area contributed by atoms with Crippen molar-refractivity contribution in [1.82, 2.24) is 14.9 Å². The van der Waals surface area contributed by atoms with Gasteiger partial charge in [-0.25, -0.2) is 0 Å². The number of nitrogens with one attached hydrogen (secondary N) is 1. The second-order valence-corrected chi connectivity index (χ2v) is 5.85. The molecule has 1 amide bonds. The molecule has 0 spiro atoms. The molecule has 0 unspecified atom stereocenters. The number of carbonyl (C=O) groups is 1. The number of carbonyl (C=O) groups excluding carboxylic acids is 1. The number of hydrogen-bond acceptors (Lipinski definition) is 3. The summed E-state index contributed by atoms with van der Waals surface area (Å²) < 4.78 is 5.44. The summed E-state index contributed by atoms with van der Waals surface area (Å²) in [7, 11) is 0. The van der Waals surface area contributed by atoms with E-state index in [1.54, 1.807) is 23.6 Å². The van der Waals surface area contributed by atoms with Gasteiger partial charge in [-0.2, -0.15) is 0 Å². The molecule has 5 heteroatoms. The topological polar surface area (TPSA) is 62.1 Å². The molecule has 0 fully saturated rings. The number of aromatic amines is 1. The lowest BCUT2D eigenvalue weighted by atomic mass is 10.1. The maximum absolute atomic E-state index is 13.2. The van der Waals surface area contributed by atoms with Gasteiger partial charge in [0.1, 0.15) is 5.76 Å². The van der Waals surface area contributed by atoms with Crippen LogP contribution >= 0.6 is 0 Å². The fraction of sp³-hybridized carbons (Fsp3) is 0.100. The summed E-state index contributed by atoms with van der Waals surface area (Å²) >= 11 is 0. The third kappa shape index (κ3) is 3.17. The Balaban J connectivity index is 1.69. The highest BCUT2D eigenvalue weighted by molar-refractivity contribution is 6.05. The van der Waals surface area contributed by atoms with Crippen molar-refractivity contribution in [3.05, 3.63) is 90.3 Å². The van der Waals surface area contributed by atoms with Gasteiger partial charge in [0.2, 0.25) is 0 Å². The van der Waals surface area contributed by atoms with Gasteiger partial charge in [0.25, 0.3) is 5.91 Å². The third-order valence-corrected chi connectivity index (χ3v) is 4.13. The zero-order valence-corrected chi connectivity index (χ0v) is 13.6. The van der Waals surface area contributed by atoms with Crippen LogP contribution in [0.15, 0.2) is 77.8 Å². The molecule has 0 saturated heterocycles. The lowest BCUT2D eigenvalue weighted by Gasteiger charge is -2.22. The molecule has 0 aliphatic heterocycles. The maximum Gasteiger partial charge on any atom is 0.256 e. The van der Waals surface area contributed by atoms with E-state index in [0.29, 0.717) is 18.7 Å². The summed E-state index contributed by atoms with van der Waals surface area (Å²) in [6, 6.07) is 15.2. The quantitative estimate of drug-likeness (QED) is 0.601. The van der Waals surface area contributed by atoms with Crippen molar-refractivity contribution in [2.24, 2.45) is 0 Å². The largest absolute Gasteiger partial charge is 0.467 e. The summed E-state index contributed by atoms with van der Waals surface area (Å²) in [6.45, 7) is 0.863. The lowest BCUT2D eigenvalue weighted by molar-refractivity contribution is 0.0719. The Bertz CT molecular complexity index is 975. The van der Waals surface area contributed by atoms with E-state index >= 15 is 0 Å². The van der Waals surface area contributed by atoms with Crippen LogP contribution in [0.25, 0.3) is 10.9 Å². The Morgan fingerprint density at radius 1 is 1.08 bits per heavy atom. The normalized spacial score (nSPS) is 10.9. The van der Waals surface area contributed by atoms with Gasteiger partial charge in [0.05, 0.1) is 23.9 Å². The second kappa shape index (κ2) is 6.65. The predicted octanol–water partition coefficient (Wildman–Crippen LogP) is 4.00. The third-order valence-electron chi connectivity index (χ3n) is 4.13. The highest BCUT2D eigenvalue weighted by Crippen LogP contribution is 2.21. The van der Waals surface area contributed by atoms with Gasteiger partial charge in [-0.1, -0.05) is 18.2 Å². The fourth-order valence-corrected chi connectivity index (χ4v) is 2.94. The SMILES string of the molecule is O=C(c1cccc2cc[nH]c12)N(Cc1cccnc1)Cc1ccco1. The van der Waals surface area contributed by atoms with Crippen LogP contribution in [0, 0.1) is 0 Å². The van der Waals surface area contributed by atoms with Crippen LogP contribution in [0.2, 0.25) is 0 Å². The van der Waals surface area contributed by atoms with Gasteiger partial charge in [-0.15, -0.1) is 0 Å². The number of nitrogens with zero attached hydrogens (tertiary/aromatic N) is 2. The van der Waals surface area contributed by atoms with Gasteiger partial charge in [-0.3, -0.25) is 9.78 Å². The highest BCUT2D eigenvalue weighted by atomic mass is 16.3. The highest BCUT2D eigenvalue weighted by Gasteiger charge is 2.20. The number of furan rings is 1. The van der Waals surface area contributed by atoms with E-state index in [9.17, 15) is 4.79 Å². The van der Waals surface area contributed by atoms with Crippen molar-refractivity contribution in [2.45, 2.75) is 13.1 Å². The van der Waals surface area contributed by atoms with E-state index in [1.807, 2.05) is 54.7 Å². The number of H-pyrrole nitrogens is 1. The minimum Gasteiger partial charge on any atom is -0.467 e. The number of fused-ring (bicyclic) bond motifs is 1. The Morgan fingerprint density at radius 2 is 2.04 bits per heavy atom. The van der Waals surface area contributed by atoms with E-state index in [0.717, 1.165) is 22.2 Å². The molecule has 5 nitrogen and oxygen atoms in total. The van der Waals surface area contributed by atoms with Gasteiger partial charge < -0.3 is 14.3 Å². The van der Waals surface area contributed by atoms with E-state index in [-0.39, 0.29) is 5.91 Å². The summed E-state index contributed by atoms with van der Waals surface area (Å²) in [4.78, 5) is 22.3. The number of rotatable bonds is 5. The first-order valence-corrected chi connectivity index (χ1v) is 8.08. The molecule has 124 valence electrons. The number of para-hydroxylation sites is 1. The zero-order chi connectivity index (χ0) is 17.1. The number of amides is 1. The Morgan fingerprint density at radius 3 is 2.84 bits per heavy atom. The standard InChI is InChI=1S/C20H17N3O2/c24-20(18-7-1-5-16-8-10-22-19(16)18)23(14-17-6-3-11-25-17)13-15-4-2-9-21-12-15/h1-12,22H,13-14H2. The van der Waals surface area contributed by atoms with Crippen molar-refractivity contribution >= 4 is 16.8 Å². The van der Waals surface area contributed by atoms with Gasteiger partial charge >= 0.3 is 0 Å². The van der Waals surface area contributed by atoms with E-state index in [4.69, 9.17) is 4.42 Å². The molecule has 4 rings (SSSR count). The Kier molecular flexibility index (Phi) is 4.04. The van der Waals surface area contributed by atoms with Crippen LogP contribution in [-0.4, -0.2) is 20.8 Å². The molecule has 3 heterocycles. The summed E-state index contributed by atoms with van der Waals surface area (Å²) in [5, 5.41) is 1.02. The van der Waals surface area contributed by atoms with Gasteiger partial charge in [-0.05, 0) is 35.9 Å². The number of hydrogen-bond donors (Lipinski definition) is 1. The molecule has 1 N–H and O–H groups in total. The molecule has 25 heavy (non-hydrogen) atoms. The molecule has 0 radical (unpaired) electrons. The van der Waals surface area contributed by atoms with Gasteiger partial charge in [0.15, 0.2) is 0 Å². The first kappa shape index (κ1) is 15.2. The first-order valence-electron chi connectivity index (χ1n) is 8.08. The number of aromatic nitrogens is 2. The van der Waals surface area contributed by atoms with Crippen molar-refractivity contribution < 1.29 is 9.21 Å². The van der Waals surface area contributed by atoms with E-state index < -0.39 is 0 Å². The molecule has 0 saturated carbocycles. The average Bonchev–Trinajstić information content (AvgIpc) is 3.32. The Labute approximate surface area is 144 Å². The van der Waals surface area contributed by atoms with Crippen molar-refractivity contribution in [1.29, 1.82) is 0 Å². The monoisotopic (exact) mass is 331 g/mol. The van der Waals surface area contributed by atoms with Crippen LogP contribution < -0.4 is 0 Å². The Hall–Kier alpha value is -3.34. The minimum atomic E-state index is -0.0479. The molecular formula is C20H17N3O2. The molecule has 1 aromatic carbocycles. The van der Waals surface area contributed by atoms with Crippen LogP contribution in [0.3, 0.4) is 0 Å². The van der Waals surface area contributed by atoms with Crippen LogP contribution in [0.5, 0.6) is 0 Å². The number of pyridine rings is 1. The maximum atomic E-state index is 13.2. The van der Waals surface area contributed by atoms with Crippen LogP contribution in [0.4, 0.5) is 0 Å². The number of benzene rings is 1. The van der Waals surface area contributed by atoms with Crippen LogP contribution in [-0.2, 0) is 13.1 Å². The van der Waals surface area contributed by atoms with Crippen molar-refractivity contribution in [3.63, 3.8) is 0 Å². The molecule has 0 bridgehead atoms. The molecule has 0 aliphatic rings.